The summed E-state index contributed by atoms with van der Waals surface area (Å²) >= 11 is -1.03. The van der Waals surface area contributed by atoms with Crippen LogP contribution in [-0.2, 0) is 11.2 Å². The Kier molecular flexibility index (Phi) is 1.16. The van der Waals surface area contributed by atoms with Gasteiger partial charge in [0, 0.05) is 0 Å². The molecule has 1 aliphatic rings. The zero-order valence-corrected chi connectivity index (χ0v) is 3.84. The standard InChI is InChI=1S/CH5N3OS/c5-6-3-1-2-4-6/h2-4H,1H2. The molecule has 1 saturated heterocycles. The van der Waals surface area contributed by atoms with Gasteiger partial charge in [0.05, 0.1) is 6.67 Å². The van der Waals surface area contributed by atoms with Crippen LogP contribution in [-0.4, -0.2) is 10.9 Å². The van der Waals surface area contributed by atoms with Gasteiger partial charge in [-0.3, -0.25) is 0 Å². The molecule has 3 N–H and O–H groups in total. The lowest BCUT2D eigenvalue weighted by atomic mass is 11.2. The lowest BCUT2D eigenvalue weighted by Gasteiger charge is -1.79. The lowest BCUT2D eigenvalue weighted by molar-refractivity contribution is 0.672. The SMILES string of the molecule is O=S1NCNN1. The molecule has 0 saturated carbocycles. The average Bonchev–Trinajstić information content (AvgIpc) is 1.86. The second kappa shape index (κ2) is 1.65. The molecule has 1 atom stereocenters. The Bertz CT molecular complexity index is 65.2. The first-order valence-electron chi connectivity index (χ1n) is 1.53. The molecular formula is CH5N3OS. The topological polar surface area (TPSA) is 53.2 Å². The molecule has 1 rings (SSSR count). The molecule has 0 radical (unpaired) electrons. The van der Waals surface area contributed by atoms with Crippen LogP contribution in [0.1, 0.15) is 0 Å². The quantitative estimate of drug-likeness (QED) is 0.343. The molecule has 5 heteroatoms. The van der Waals surface area contributed by atoms with Crippen LogP contribution in [0.4, 0.5) is 0 Å². The third-order valence-corrected chi connectivity index (χ3v) is 1.19. The van der Waals surface area contributed by atoms with Crippen LogP contribution in [0.2, 0.25) is 0 Å². The third-order valence-electron chi connectivity index (χ3n) is 0.457. The minimum Gasteiger partial charge on any atom is -0.230 e. The molecule has 1 fully saturated rings. The molecule has 36 valence electrons. The number of hydrogen-bond donors (Lipinski definition) is 3. The summed E-state index contributed by atoms with van der Waals surface area (Å²) in [7, 11) is 0. The highest BCUT2D eigenvalue weighted by atomic mass is 32.2. The second-order valence-corrected chi connectivity index (χ2v) is 1.90. The molecule has 1 unspecified atom stereocenters. The monoisotopic (exact) mass is 107 g/mol. The highest BCUT2D eigenvalue weighted by Gasteiger charge is 2.00. The Morgan fingerprint density at radius 3 is 2.67 bits per heavy atom. The Hall–Kier alpha value is 0.0300. The van der Waals surface area contributed by atoms with Crippen molar-refractivity contribution in [2.24, 2.45) is 0 Å². The summed E-state index contributed by atoms with van der Waals surface area (Å²) in [6.45, 7) is 0.576. The molecule has 0 bridgehead atoms. The Labute approximate surface area is 38.0 Å². The van der Waals surface area contributed by atoms with E-state index in [4.69, 9.17) is 0 Å². The normalized spacial score (nSPS) is 34.3. The zero-order valence-electron chi connectivity index (χ0n) is 3.02. The third kappa shape index (κ3) is 0.749. The second-order valence-electron chi connectivity index (χ2n) is 0.869. The summed E-state index contributed by atoms with van der Waals surface area (Å²) in [6.07, 6.45) is 0. The van der Waals surface area contributed by atoms with E-state index in [9.17, 15) is 4.21 Å². The van der Waals surface area contributed by atoms with Crippen LogP contribution in [0.3, 0.4) is 0 Å². The average molecular weight is 107 g/mol. The van der Waals surface area contributed by atoms with Crippen molar-refractivity contribution in [3.63, 3.8) is 0 Å². The van der Waals surface area contributed by atoms with Gasteiger partial charge >= 0.3 is 0 Å². The van der Waals surface area contributed by atoms with Crippen LogP contribution in [0.15, 0.2) is 0 Å². The van der Waals surface area contributed by atoms with Gasteiger partial charge in [-0.15, -0.1) is 0 Å². The van der Waals surface area contributed by atoms with Crippen LogP contribution in [0.25, 0.3) is 0 Å². The van der Waals surface area contributed by atoms with Gasteiger partial charge in [0.15, 0.2) is 11.2 Å². The Morgan fingerprint density at radius 1 is 1.67 bits per heavy atom. The lowest BCUT2D eigenvalue weighted by Crippen LogP contribution is -2.22. The van der Waals surface area contributed by atoms with Crippen molar-refractivity contribution in [3.05, 3.63) is 0 Å². The largest absolute Gasteiger partial charge is 0.230 e. The smallest absolute Gasteiger partial charge is 0.182 e. The van der Waals surface area contributed by atoms with Gasteiger partial charge in [0.1, 0.15) is 0 Å². The molecule has 0 amide bonds. The highest BCUT2D eigenvalue weighted by Crippen LogP contribution is 1.65. The van der Waals surface area contributed by atoms with Gasteiger partial charge < -0.3 is 0 Å². The van der Waals surface area contributed by atoms with E-state index in [0.29, 0.717) is 6.67 Å². The minimum atomic E-state index is -1.03. The number of nitrogens with one attached hydrogen (secondary N) is 3. The first-order chi connectivity index (χ1) is 2.89. The van der Waals surface area contributed by atoms with Crippen molar-refractivity contribution in [2.75, 3.05) is 6.67 Å². The summed E-state index contributed by atoms with van der Waals surface area (Å²) in [5.41, 5.74) is 2.61. The Balaban J connectivity index is 2.37. The van der Waals surface area contributed by atoms with Crippen LogP contribution in [0, 0.1) is 0 Å². The van der Waals surface area contributed by atoms with Crippen molar-refractivity contribution >= 4 is 11.2 Å². The van der Waals surface area contributed by atoms with Gasteiger partial charge in [-0.2, -0.15) is 4.83 Å². The van der Waals surface area contributed by atoms with Crippen molar-refractivity contribution in [3.8, 4) is 0 Å². The van der Waals surface area contributed by atoms with Crippen molar-refractivity contribution in [1.82, 2.24) is 15.0 Å². The minimum absolute atomic E-state index is 0.576. The van der Waals surface area contributed by atoms with Crippen molar-refractivity contribution in [2.45, 2.75) is 0 Å². The van der Waals surface area contributed by atoms with E-state index in [-0.39, 0.29) is 0 Å². The van der Waals surface area contributed by atoms with E-state index in [1.807, 2.05) is 0 Å². The number of hydrogen-bond acceptors (Lipinski definition) is 2. The van der Waals surface area contributed by atoms with Gasteiger partial charge in [-0.1, -0.05) is 0 Å². The van der Waals surface area contributed by atoms with E-state index in [1.54, 1.807) is 0 Å². The van der Waals surface area contributed by atoms with Crippen molar-refractivity contribution in [1.29, 1.82) is 0 Å². The maximum absolute atomic E-state index is 10.1. The van der Waals surface area contributed by atoms with Gasteiger partial charge in [0.25, 0.3) is 0 Å². The van der Waals surface area contributed by atoms with Crippen LogP contribution >= 0.6 is 0 Å². The molecule has 4 nitrogen and oxygen atoms in total. The molecule has 0 aromatic rings. The number of hydrazine groups is 1. The number of rotatable bonds is 0. The predicted octanol–water partition coefficient (Wildman–Crippen LogP) is -1.78. The fourth-order valence-corrected chi connectivity index (χ4v) is 0.718. The fourth-order valence-electron chi connectivity index (χ4n) is 0.239. The van der Waals surface area contributed by atoms with E-state index in [2.05, 4.69) is 15.0 Å². The zero-order chi connectivity index (χ0) is 4.41. The summed E-state index contributed by atoms with van der Waals surface area (Å²) in [5, 5.41) is 0. The summed E-state index contributed by atoms with van der Waals surface area (Å²) < 4.78 is 12.6. The molecular weight excluding hydrogens is 102 g/mol. The molecule has 0 aliphatic carbocycles. The van der Waals surface area contributed by atoms with Crippen LogP contribution < -0.4 is 15.0 Å². The maximum atomic E-state index is 10.1. The van der Waals surface area contributed by atoms with E-state index in [1.165, 1.54) is 0 Å². The van der Waals surface area contributed by atoms with E-state index < -0.39 is 11.2 Å². The molecule has 6 heavy (non-hydrogen) atoms. The van der Waals surface area contributed by atoms with Gasteiger partial charge in [-0.25, -0.2) is 14.4 Å². The first kappa shape index (κ1) is 4.20. The molecule has 0 aromatic heterocycles. The molecule has 1 aliphatic heterocycles. The molecule has 0 aromatic carbocycles. The fraction of sp³-hybridized carbons (Fsp3) is 1.00. The first-order valence-corrected chi connectivity index (χ1v) is 2.68. The summed E-state index contributed by atoms with van der Waals surface area (Å²) in [4.78, 5) is 2.43. The predicted molar refractivity (Wildman–Crippen MR) is 22.4 cm³/mol. The van der Waals surface area contributed by atoms with E-state index >= 15 is 0 Å². The van der Waals surface area contributed by atoms with Crippen LogP contribution in [0.5, 0.6) is 0 Å². The van der Waals surface area contributed by atoms with Gasteiger partial charge in [0.2, 0.25) is 0 Å². The maximum Gasteiger partial charge on any atom is 0.182 e. The van der Waals surface area contributed by atoms with E-state index in [0.717, 1.165) is 0 Å². The van der Waals surface area contributed by atoms with Gasteiger partial charge in [-0.05, 0) is 0 Å². The Morgan fingerprint density at radius 2 is 2.50 bits per heavy atom. The molecule has 0 spiro atoms. The van der Waals surface area contributed by atoms with Crippen molar-refractivity contribution < 1.29 is 4.21 Å². The molecule has 1 heterocycles. The summed E-state index contributed by atoms with van der Waals surface area (Å²) in [5.74, 6) is 0. The summed E-state index contributed by atoms with van der Waals surface area (Å²) in [6, 6.07) is 0. The highest BCUT2D eigenvalue weighted by molar-refractivity contribution is 7.81.